The van der Waals surface area contributed by atoms with E-state index in [2.05, 4.69) is 4.98 Å². The Morgan fingerprint density at radius 3 is 2.82 bits per heavy atom. The number of nitrogens with zero attached hydrogens (tertiary/aromatic N) is 1. The van der Waals surface area contributed by atoms with Crippen LogP contribution in [0.25, 0.3) is 22.4 Å². The zero-order valence-corrected chi connectivity index (χ0v) is 9.95. The third kappa shape index (κ3) is 1.66. The second-order valence-electron chi connectivity index (χ2n) is 3.71. The van der Waals surface area contributed by atoms with Gasteiger partial charge < -0.3 is 4.42 Å². The first-order valence-electron chi connectivity index (χ1n) is 5.20. The lowest BCUT2D eigenvalue weighted by Gasteiger charge is -2.00. The largest absolute Gasteiger partial charge is 0.403 e. The second kappa shape index (κ2) is 3.82. The summed E-state index contributed by atoms with van der Waals surface area (Å²) in [5.41, 5.74) is 1.22. The van der Waals surface area contributed by atoms with Crippen LogP contribution in [0.2, 0.25) is 0 Å². The summed E-state index contributed by atoms with van der Waals surface area (Å²) < 4.78 is 5.26. The van der Waals surface area contributed by atoms with Crippen molar-refractivity contribution in [2.24, 2.45) is 0 Å². The summed E-state index contributed by atoms with van der Waals surface area (Å²) in [4.78, 5) is 17.3. The van der Waals surface area contributed by atoms with Crippen LogP contribution in [-0.2, 0) is 0 Å². The SMILES string of the molecule is Cc1sccc1-c1nc2ccccc2c(=O)o1. The van der Waals surface area contributed by atoms with Crippen LogP contribution in [0.15, 0.2) is 44.9 Å². The van der Waals surface area contributed by atoms with E-state index in [0.717, 1.165) is 10.4 Å². The number of hydrogen-bond acceptors (Lipinski definition) is 4. The molecule has 2 aromatic heterocycles. The van der Waals surface area contributed by atoms with Gasteiger partial charge in [0.1, 0.15) is 0 Å². The molecule has 17 heavy (non-hydrogen) atoms. The lowest BCUT2D eigenvalue weighted by molar-refractivity contribution is 0.518. The molecule has 1 aromatic carbocycles. The molecule has 3 rings (SSSR count). The minimum atomic E-state index is -0.337. The smallest absolute Gasteiger partial charge is 0.347 e. The highest BCUT2D eigenvalue weighted by Crippen LogP contribution is 2.26. The molecule has 0 fully saturated rings. The van der Waals surface area contributed by atoms with E-state index in [1.165, 1.54) is 0 Å². The van der Waals surface area contributed by atoms with E-state index in [1.54, 1.807) is 23.5 Å². The van der Waals surface area contributed by atoms with E-state index in [-0.39, 0.29) is 5.63 Å². The first-order valence-corrected chi connectivity index (χ1v) is 6.08. The maximum Gasteiger partial charge on any atom is 0.347 e. The summed E-state index contributed by atoms with van der Waals surface area (Å²) in [6.45, 7) is 1.98. The van der Waals surface area contributed by atoms with Gasteiger partial charge in [-0.1, -0.05) is 12.1 Å². The van der Waals surface area contributed by atoms with E-state index < -0.39 is 0 Å². The van der Waals surface area contributed by atoms with Gasteiger partial charge in [-0.2, -0.15) is 0 Å². The zero-order chi connectivity index (χ0) is 11.8. The van der Waals surface area contributed by atoms with Crippen LogP contribution in [0.1, 0.15) is 4.88 Å². The molecule has 0 saturated heterocycles. The summed E-state index contributed by atoms with van der Waals surface area (Å²) in [6.07, 6.45) is 0. The normalized spacial score (nSPS) is 10.9. The number of aryl methyl sites for hydroxylation is 1. The monoisotopic (exact) mass is 243 g/mol. The van der Waals surface area contributed by atoms with Crippen LogP contribution < -0.4 is 5.63 Å². The van der Waals surface area contributed by atoms with Gasteiger partial charge in [-0.15, -0.1) is 11.3 Å². The van der Waals surface area contributed by atoms with E-state index in [1.807, 2.05) is 30.5 Å². The van der Waals surface area contributed by atoms with Gasteiger partial charge in [0, 0.05) is 4.88 Å². The Balaban J connectivity index is 2.33. The van der Waals surface area contributed by atoms with Gasteiger partial charge in [-0.25, -0.2) is 9.78 Å². The summed E-state index contributed by atoms with van der Waals surface area (Å²) >= 11 is 1.61. The molecule has 0 bridgehead atoms. The Morgan fingerprint density at radius 2 is 2.06 bits per heavy atom. The molecule has 0 radical (unpaired) electrons. The summed E-state index contributed by atoms with van der Waals surface area (Å²) in [5.74, 6) is 0.396. The highest BCUT2D eigenvalue weighted by molar-refractivity contribution is 7.10. The molecule has 3 nitrogen and oxygen atoms in total. The number of hydrogen-bond donors (Lipinski definition) is 0. The van der Waals surface area contributed by atoms with Gasteiger partial charge in [0.15, 0.2) is 0 Å². The molecule has 0 N–H and O–H groups in total. The molecule has 0 aliphatic carbocycles. The molecule has 0 spiro atoms. The van der Waals surface area contributed by atoms with Gasteiger partial charge in [0.05, 0.1) is 16.5 Å². The third-order valence-corrected chi connectivity index (χ3v) is 3.47. The van der Waals surface area contributed by atoms with Crippen LogP contribution in [-0.4, -0.2) is 4.98 Å². The standard InChI is InChI=1S/C13H9NO2S/c1-8-9(6-7-17-8)12-14-11-5-3-2-4-10(11)13(15)16-12/h2-7H,1H3. The van der Waals surface area contributed by atoms with Crippen LogP contribution in [0.3, 0.4) is 0 Å². The maximum absolute atomic E-state index is 11.8. The van der Waals surface area contributed by atoms with Crippen molar-refractivity contribution < 1.29 is 4.42 Å². The third-order valence-electron chi connectivity index (χ3n) is 2.62. The molecule has 4 heteroatoms. The molecule has 0 amide bonds. The average Bonchev–Trinajstić information content (AvgIpc) is 2.75. The first kappa shape index (κ1) is 10.2. The fourth-order valence-corrected chi connectivity index (χ4v) is 2.43. The number of benzene rings is 1. The van der Waals surface area contributed by atoms with E-state index in [0.29, 0.717) is 16.8 Å². The zero-order valence-electron chi connectivity index (χ0n) is 9.14. The van der Waals surface area contributed by atoms with Gasteiger partial charge in [-0.05, 0) is 30.5 Å². The van der Waals surface area contributed by atoms with Gasteiger partial charge in [-0.3, -0.25) is 0 Å². The second-order valence-corrected chi connectivity index (χ2v) is 4.83. The maximum atomic E-state index is 11.8. The van der Waals surface area contributed by atoms with Gasteiger partial charge >= 0.3 is 5.63 Å². The molecule has 84 valence electrons. The number of rotatable bonds is 1. The van der Waals surface area contributed by atoms with Crippen molar-refractivity contribution in [3.63, 3.8) is 0 Å². The van der Waals surface area contributed by atoms with Crippen LogP contribution >= 0.6 is 11.3 Å². The molecule has 0 saturated carbocycles. The predicted molar refractivity (Wildman–Crippen MR) is 68.3 cm³/mol. The minimum absolute atomic E-state index is 0.337. The van der Waals surface area contributed by atoms with E-state index >= 15 is 0 Å². The van der Waals surface area contributed by atoms with Crippen molar-refractivity contribution in [1.29, 1.82) is 0 Å². The van der Waals surface area contributed by atoms with Crippen molar-refractivity contribution in [2.75, 3.05) is 0 Å². The Kier molecular flexibility index (Phi) is 2.30. The van der Waals surface area contributed by atoms with Gasteiger partial charge in [0.25, 0.3) is 0 Å². The van der Waals surface area contributed by atoms with Crippen molar-refractivity contribution in [1.82, 2.24) is 4.98 Å². The molecular weight excluding hydrogens is 234 g/mol. The van der Waals surface area contributed by atoms with Crippen LogP contribution in [0.4, 0.5) is 0 Å². The van der Waals surface area contributed by atoms with Gasteiger partial charge in [0.2, 0.25) is 5.89 Å². The highest BCUT2D eigenvalue weighted by atomic mass is 32.1. The molecular formula is C13H9NO2S. The van der Waals surface area contributed by atoms with Crippen molar-refractivity contribution in [3.05, 3.63) is 51.0 Å². The van der Waals surface area contributed by atoms with Crippen LogP contribution in [0.5, 0.6) is 0 Å². The lowest BCUT2D eigenvalue weighted by atomic mass is 10.2. The van der Waals surface area contributed by atoms with Crippen LogP contribution in [0, 0.1) is 6.92 Å². The molecule has 0 unspecified atom stereocenters. The van der Waals surface area contributed by atoms with Crippen molar-refractivity contribution >= 4 is 22.2 Å². The molecule has 0 aliphatic rings. The molecule has 2 heterocycles. The Morgan fingerprint density at radius 1 is 1.24 bits per heavy atom. The number of thiophene rings is 1. The predicted octanol–water partition coefficient (Wildman–Crippen LogP) is 3.22. The molecule has 0 aliphatic heterocycles. The Hall–Kier alpha value is -1.94. The minimum Gasteiger partial charge on any atom is -0.403 e. The number of aromatic nitrogens is 1. The molecule has 3 aromatic rings. The van der Waals surface area contributed by atoms with E-state index in [4.69, 9.17) is 4.42 Å². The van der Waals surface area contributed by atoms with Crippen molar-refractivity contribution in [3.8, 4) is 11.5 Å². The summed E-state index contributed by atoms with van der Waals surface area (Å²) in [5, 5.41) is 2.48. The lowest BCUT2D eigenvalue weighted by Crippen LogP contribution is -2.02. The number of para-hydroxylation sites is 1. The summed E-state index contributed by atoms with van der Waals surface area (Å²) in [6, 6.07) is 9.12. The average molecular weight is 243 g/mol. The Bertz CT molecular complexity index is 742. The Labute approximate surface area is 101 Å². The van der Waals surface area contributed by atoms with Crippen molar-refractivity contribution in [2.45, 2.75) is 6.92 Å². The number of fused-ring (bicyclic) bond motifs is 1. The summed E-state index contributed by atoms with van der Waals surface area (Å²) in [7, 11) is 0. The highest BCUT2D eigenvalue weighted by Gasteiger charge is 2.10. The fraction of sp³-hybridized carbons (Fsp3) is 0.0769. The van der Waals surface area contributed by atoms with E-state index in [9.17, 15) is 4.79 Å². The molecule has 0 atom stereocenters. The fourth-order valence-electron chi connectivity index (χ4n) is 1.74. The first-order chi connectivity index (χ1) is 8.25. The quantitative estimate of drug-likeness (QED) is 0.659. The topological polar surface area (TPSA) is 43.1 Å².